The molecule has 0 aliphatic carbocycles. The third kappa shape index (κ3) is 3.22. The van der Waals surface area contributed by atoms with E-state index in [0.29, 0.717) is 0 Å². The van der Waals surface area contributed by atoms with E-state index in [1.165, 1.54) is 10.4 Å². The molecule has 2 heterocycles. The number of nitrogens with one attached hydrogen (secondary N) is 1. The first-order chi connectivity index (χ1) is 7.88. The van der Waals surface area contributed by atoms with Crippen LogP contribution in [0.5, 0.6) is 0 Å². The number of aryl methyl sites for hydroxylation is 1. The SMILES string of the molecule is CCn1ccc(CNCCc2cccs2)c1. The Balaban J connectivity index is 1.68. The Labute approximate surface area is 101 Å². The van der Waals surface area contributed by atoms with Gasteiger partial charge in [0.25, 0.3) is 0 Å². The van der Waals surface area contributed by atoms with Gasteiger partial charge in [-0.25, -0.2) is 0 Å². The molecule has 86 valence electrons. The Morgan fingerprint density at radius 1 is 1.38 bits per heavy atom. The van der Waals surface area contributed by atoms with Gasteiger partial charge in [-0.1, -0.05) is 6.07 Å². The minimum Gasteiger partial charge on any atom is -0.354 e. The van der Waals surface area contributed by atoms with Crippen LogP contribution in [0.4, 0.5) is 0 Å². The summed E-state index contributed by atoms with van der Waals surface area (Å²) >= 11 is 1.83. The van der Waals surface area contributed by atoms with Gasteiger partial charge in [0, 0.05) is 36.9 Å². The normalized spacial score (nSPS) is 10.8. The van der Waals surface area contributed by atoms with Crippen molar-refractivity contribution in [3.63, 3.8) is 0 Å². The zero-order chi connectivity index (χ0) is 11.2. The van der Waals surface area contributed by atoms with Crippen LogP contribution in [-0.2, 0) is 19.5 Å². The molecule has 0 amide bonds. The molecule has 0 aliphatic heterocycles. The molecule has 3 heteroatoms. The lowest BCUT2D eigenvalue weighted by atomic mass is 10.3. The highest BCUT2D eigenvalue weighted by Crippen LogP contribution is 2.08. The Bertz CT molecular complexity index is 403. The van der Waals surface area contributed by atoms with E-state index in [0.717, 1.165) is 26.1 Å². The van der Waals surface area contributed by atoms with Crippen molar-refractivity contribution in [2.45, 2.75) is 26.4 Å². The highest BCUT2D eigenvalue weighted by Gasteiger charge is 1.96. The molecule has 0 spiro atoms. The number of thiophene rings is 1. The van der Waals surface area contributed by atoms with Gasteiger partial charge in [-0.05, 0) is 36.4 Å². The predicted octanol–water partition coefficient (Wildman–Crippen LogP) is 2.90. The Morgan fingerprint density at radius 2 is 2.31 bits per heavy atom. The van der Waals surface area contributed by atoms with Crippen molar-refractivity contribution < 1.29 is 0 Å². The van der Waals surface area contributed by atoms with E-state index < -0.39 is 0 Å². The summed E-state index contributed by atoms with van der Waals surface area (Å²) in [6, 6.07) is 6.49. The lowest BCUT2D eigenvalue weighted by Crippen LogP contribution is -2.15. The van der Waals surface area contributed by atoms with Crippen LogP contribution in [0.25, 0.3) is 0 Å². The number of rotatable bonds is 6. The van der Waals surface area contributed by atoms with Gasteiger partial charge in [0.15, 0.2) is 0 Å². The fraction of sp³-hybridized carbons (Fsp3) is 0.385. The van der Waals surface area contributed by atoms with Crippen LogP contribution in [-0.4, -0.2) is 11.1 Å². The van der Waals surface area contributed by atoms with E-state index in [2.05, 4.69) is 52.8 Å². The van der Waals surface area contributed by atoms with Crippen LogP contribution in [0.3, 0.4) is 0 Å². The van der Waals surface area contributed by atoms with E-state index in [9.17, 15) is 0 Å². The van der Waals surface area contributed by atoms with Crippen molar-refractivity contribution in [3.8, 4) is 0 Å². The number of aromatic nitrogens is 1. The predicted molar refractivity (Wildman–Crippen MR) is 69.8 cm³/mol. The molecular formula is C13H18N2S. The summed E-state index contributed by atoms with van der Waals surface area (Å²) in [5, 5.41) is 5.61. The molecule has 0 aliphatic rings. The largest absolute Gasteiger partial charge is 0.354 e. The van der Waals surface area contributed by atoms with E-state index in [4.69, 9.17) is 0 Å². The van der Waals surface area contributed by atoms with Crippen molar-refractivity contribution in [2.24, 2.45) is 0 Å². The molecule has 2 nitrogen and oxygen atoms in total. The van der Waals surface area contributed by atoms with E-state index in [1.54, 1.807) is 0 Å². The van der Waals surface area contributed by atoms with Gasteiger partial charge >= 0.3 is 0 Å². The zero-order valence-corrected chi connectivity index (χ0v) is 10.5. The number of hydrogen-bond donors (Lipinski definition) is 1. The summed E-state index contributed by atoms with van der Waals surface area (Å²) in [5.74, 6) is 0. The molecule has 0 radical (unpaired) electrons. The Kier molecular flexibility index (Phi) is 4.19. The third-order valence-corrected chi connectivity index (χ3v) is 3.57. The van der Waals surface area contributed by atoms with E-state index in [-0.39, 0.29) is 0 Å². The average Bonchev–Trinajstić information content (AvgIpc) is 2.95. The van der Waals surface area contributed by atoms with E-state index >= 15 is 0 Å². The summed E-state index contributed by atoms with van der Waals surface area (Å²) in [6.45, 7) is 5.24. The van der Waals surface area contributed by atoms with Crippen molar-refractivity contribution in [1.82, 2.24) is 9.88 Å². The maximum atomic E-state index is 3.47. The van der Waals surface area contributed by atoms with Crippen molar-refractivity contribution in [1.29, 1.82) is 0 Å². The van der Waals surface area contributed by atoms with Gasteiger partial charge in [0.2, 0.25) is 0 Å². The first kappa shape index (κ1) is 11.4. The second kappa shape index (κ2) is 5.87. The number of hydrogen-bond acceptors (Lipinski definition) is 2. The Hall–Kier alpha value is -1.06. The summed E-state index contributed by atoms with van der Waals surface area (Å²) in [7, 11) is 0. The highest BCUT2D eigenvalue weighted by atomic mass is 32.1. The summed E-state index contributed by atoms with van der Waals surface area (Å²) in [6.07, 6.45) is 5.47. The molecule has 0 unspecified atom stereocenters. The second-order valence-electron chi connectivity index (χ2n) is 3.86. The molecule has 0 aromatic carbocycles. The first-order valence-electron chi connectivity index (χ1n) is 5.76. The maximum absolute atomic E-state index is 3.47. The van der Waals surface area contributed by atoms with Crippen LogP contribution in [0.1, 0.15) is 17.4 Å². The fourth-order valence-electron chi connectivity index (χ4n) is 1.69. The lowest BCUT2D eigenvalue weighted by molar-refractivity contribution is 0.686. The van der Waals surface area contributed by atoms with Crippen molar-refractivity contribution in [3.05, 3.63) is 46.4 Å². The molecular weight excluding hydrogens is 216 g/mol. The summed E-state index contributed by atoms with van der Waals surface area (Å²) in [4.78, 5) is 1.46. The van der Waals surface area contributed by atoms with Gasteiger partial charge in [0.1, 0.15) is 0 Å². The molecule has 16 heavy (non-hydrogen) atoms. The monoisotopic (exact) mass is 234 g/mol. The molecule has 0 saturated heterocycles. The second-order valence-corrected chi connectivity index (χ2v) is 4.89. The first-order valence-corrected chi connectivity index (χ1v) is 6.64. The van der Waals surface area contributed by atoms with Crippen LogP contribution >= 0.6 is 11.3 Å². The average molecular weight is 234 g/mol. The molecule has 2 aromatic rings. The van der Waals surface area contributed by atoms with Crippen molar-refractivity contribution >= 4 is 11.3 Å². The molecule has 2 rings (SSSR count). The van der Waals surface area contributed by atoms with Crippen LogP contribution in [0.2, 0.25) is 0 Å². The molecule has 1 N–H and O–H groups in total. The smallest absolute Gasteiger partial charge is 0.0220 e. The minimum atomic E-state index is 0.971. The molecule has 2 aromatic heterocycles. The fourth-order valence-corrected chi connectivity index (χ4v) is 2.40. The topological polar surface area (TPSA) is 17.0 Å². The van der Waals surface area contributed by atoms with Crippen molar-refractivity contribution in [2.75, 3.05) is 6.54 Å². The van der Waals surface area contributed by atoms with Gasteiger partial charge < -0.3 is 9.88 Å². The number of nitrogens with zero attached hydrogens (tertiary/aromatic N) is 1. The summed E-state index contributed by atoms with van der Waals surface area (Å²) < 4.78 is 2.20. The van der Waals surface area contributed by atoms with Gasteiger partial charge in [-0.2, -0.15) is 0 Å². The third-order valence-electron chi connectivity index (χ3n) is 2.63. The highest BCUT2D eigenvalue weighted by molar-refractivity contribution is 7.09. The zero-order valence-electron chi connectivity index (χ0n) is 9.65. The van der Waals surface area contributed by atoms with Crippen LogP contribution < -0.4 is 5.32 Å². The van der Waals surface area contributed by atoms with Gasteiger partial charge in [0.05, 0.1) is 0 Å². The van der Waals surface area contributed by atoms with E-state index in [1.807, 2.05) is 11.3 Å². The Morgan fingerprint density at radius 3 is 3.00 bits per heavy atom. The lowest BCUT2D eigenvalue weighted by Gasteiger charge is -2.01. The quantitative estimate of drug-likeness (QED) is 0.760. The maximum Gasteiger partial charge on any atom is 0.0220 e. The summed E-state index contributed by atoms with van der Waals surface area (Å²) in [5.41, 5.74) is 1.37. The minimum absolute atomic E-state index is 0.971. The molecule has 0 fully saturated rings. The van der Waals surface area contributed by atoms with Crippen LogP contribution in [0, 0.1) is 0 Å². The molecule has 0 atom stereocenters. The van der Waals surface area contributed by atoms with Gasteiger partial charge in [-0.3, -0.25) is 0 Å². The standard InChI is InChI=1S/C13H18N2S/c1-2-15-8-6-12(11-15)10-14-7-5-13-4-3-9-16-13/h3-4,6,8-9,11,14H,2,5,7,10H2,1H3. The van der Waals surface area contributed by atoms with Crippen LogP contribution in [0.15, 0.2) is 36.0 Å². The molecule has 0 saturated carbocycles. The molecule has 0 bridgehead atoms. The van der Waals surface area contributed by atoms with Gasteiger partial charge in [-0.15, -0.1) is 11.3 Å².